The maximum Gasteiger partial charge on any atom is 0.157 e. The van der Waals surface area contributed by atoms with Crippen LogP contribution < -0.4 is 0 Å². The Labute approximate surface area is 165 Å². The van der Waals surface area contributed by atoms with Gasteiger partial charge in [0.2, 0.25) is 0 Å². The van der Waals surface area contributed by atoms with Gasteiger partial charge >= 0.3 is 0 Å². The number of aliphatic hydroxyl groups excluding tert-OH is 1. The van der Waals surface area contributed by atoms with E-state index in [0.29, 0.717) is 11.5 Å². The average molecular weight is 377 g/mol. The third-order valence-electron chi connectivity index (χ3n) is 10.0. The first-order valence-electron chi connectivity index (χ1n) is 12.0. The molecule has 5 aliphatic rings. The highest BCUT2D eigenvalue weighted by molar-refractivity contribution is 5.09. The monoisotopic (exact) mass is 376 g/mol. The first-order chi connectivity index (χ1) is 13.0. The van der Waals surface area contributed by atoms with Crippen LogP contribution in [0.1, 0.15) is 90.9 Å². The van der Waals surface area contributed by atoms with Crippen LogP contribution in [0.25, 0.3) is 0 Å². The zero-order valence-corrected chi connectivity index (χ0v) is 17.5. The summed E-state index contributed by atoms with van der Waals surface area (Å²) in [6.45, 7) is 5.90. The van der Waals surface area contributed by atoms with Crippen LogP contribution in [-0.4, -0.2) is 30.2 Å². The van der Waals surface area contributed by atoms with Crippen LogP contribution in [0.15, 0.2) is 0 Å². The molecule has 3 heteroatoms. The molecule has 0 spiro atoms. The maximum absolute atomic E-state index is 10.6. The zero-order chi connectivity index (χ0) is 18.6. The van der Waals surface area contributed by atoms with Crippen molar-refractivity contribution in [2.45, 2.75) is 109 Å². The summed E-state index contributed by atoms with van der Waals surface area (Å²) < 4.78 is 12.3. The van der Waals surface area contributed by atoms with E-state index in [-0.39, 0.29) is 17.8 Å². The Kier molecular flexibility index (Phi) is 4.89. The topological polar surface area (TPSA) is 38.7 Å². The van der Waals surface area contributed by atoms with Gasteiger partial charge in [-0.15, -0.1) is 0 Å². The molecule has 1 saturated heterocycles. The molecule has 0 aromatic heterocycles. The molecule has 1 aliphatic heterocycles. The van der Waals surface area contributed by atoms with Crippen molar-refractivity contribution < 1.29 is 14.6 Å². The van der Waals surface area contributed by atoms with E-state index < -0.39 is 0 Å². The normalized spacial score (nSPS) is 55.4. The molecule has 0 unspecified atom stereocenters. The molecule has 154 valence electrons. The van der Waals surface area contributed by atoms with Crippen LogP contribution >= 0.6 is 0 Å². The molecule has 4 saturated carbocycles. The van der Waals surface area contributed by atoms with Gasteiger partial charge in [0.15, 0.2) is 6.29 Å². The Balaban J connectivity index is 1.27. The SMILES string of the molecule is C[C@]12CC[C@@H](O[C@@H]3CCCCO3)C[C@@H]1CC[C@H]1[C@H]2CC[C@]2(C)[C@@H](O)CC[C@@H]12. The van der Waals surface area contributed by atoms with E-state index in [1.807, 2.05) is 0 Å². The molecule has 1 N–H and O–H groups in total. The minimum atomic E-state index is -0.0476. The Hall–Kier alpha value is -0.120. The molecule has 9 atom stereocenters. The molecular formula is C24H40O3. The van der Waals surface area contributed by atoms with Crippen LogP contribution in [-0.2, 0) is 9.47 Å². The summed E-state index contributed by atoms with van der Waals surface area (Å²) in [5, 5.41) is 10.6. The first-order valence-corrected chi connectivity index (χ1v) is 12.0. The predicted molar refractivity (Wildman–Crippen MR) is 106 cm³/mol. The molecule has 27 heavy (non-hydrogen) atoms. The highest BCUT2D eigenvalue weighted by Crippen LogP contribution is 2.66. The minimum Gasteiger partial charge on any atom is -0.393 e. The van der Waals surface area contributed by atoms with Crippen molar-refractivity contribution in [2.24, 2.45) is 34.5 Å². The van der Waals surface area contributed by atoms with E-state index in [1.54, 1.807) is 0 Å². The molecule has 0 aromatic carbocycles. The fraction of sp³-hybridized carbons (Fsp3) is 1.00. The Morgan fingerprint density at radius 3 is 2.48 bits per heavy atom. The fourth-order valence-electron chi connectivity index (χ4n) is 8.35. The molecule has 3 nitrogen and oxygen atoms in total. The summed E-state index contributed by atoms with van der Waals surface area (Å²) in [4.78, 5) is 0. The van der Waals surface area contributed by atoms with Gasteiger partial charge < -0.3 is 14.6 Å². The fourth-order valence-corrected chi connectivity index (χ4v) is 8.35. The predicted octanol–water partition coefficient (Wildman–Crippen LogP) is 5.30. The summed E-state index contributed by atoms with van der Waals surface area (Å²) in [5.74, 6) is 3.35. The molecule has 0 radical (unpaired) electrons. The lowest BCUT2D eigenvalue weighted by molar-refractivity contribution is -0.212. The molecule has 5 rings (SSSR count). The standard InChI is InChI=1S/C24H40O3/c1-23-12-10-17(27-22-5-3-4-14-26-22)15-16(23)6-7-18-19-8-9-21(25)24(19,2)13-11-20(18)23/h16-22,25H,3-15H2,1-2H3/t16-,17+,18+,19-,20+,21-,22+,23-,24-/m0/s1. The van der Waals surface area contributed by atoms with Crippen LogP contribution in [0, 0.1) is 34.5 Å². The highest BCUT2D eigenvalue weighted by Gasteiger charge is 2.60. The lowest BCUT2D eigenvalue weighted by Gasteiger charge is -2.61. The van der Waals surface area contributed by atoms with Crippen molar-refractivity contribution in [1.82, 2.24) is 0 Å². The number of hydrogen-bond donors (Lipinski definition) is 1. The van der Waals surface area contributed by atoms with Crippen molar-refractivity contribution in [3.63, 3.8) is 0 Å². The van der Waals surface area contributed by atoms with Crippen molar-refractivity contribution in [3.8, 4) is 0 Å². The van der Waals surface area contributed by atoms with Gasteiger partial charge in [-0.3, -0.25) is 0 Å². The van der Waals surface area contributed by atoms with Crippen LogP contribution in [0.3, 0.4) is 0 Å². The van der Waals surface area contributed by atoms with Crippen molar-refractivity contribution in [1.29, 1.82) is 0 Å². The number of aliphatic hydroxyl groups is 1. The zero-order valence-electron chi connectivity index (χ0n) is 17.5. The minimum absolute atomic E-state index is 0.0476. The number of hydrogen-bond acceptors (Lipinski definition) is 3. The second-order valence-electron chi connectivity index (χ2n) is 11.1. The van der Waals surface area contributed by atoms with Crippen LogP contribution in [0.4, 0.5) is 0 Å². The van der Waals surface area contributed by atoms with E-state index in [0.717, 1.165) is 43.1 Å². The third-order valence-corrected chi connectivity index (χ3v) is 10.0. The van der Waals surface area contributed by atoms with Gasteiger partial charge in [0, 0.05) is 6.61 Å². The number of ether oxygens (including phenoxy) is 2. The van der Waals surface area contributed by atoms with Gasteiger partial charge in [0.1, 0.15) is 0 Å². The second-order valence-corrected chi connectivity index (χ2v) is 11.1. The van der Waals surface area contributed by atoms with Crippen LogP contribution in [0.2, 0.25) is 0 Å². The first kappa shape index (κ1) is 18.9. The van der Waals surface area contributed by atoms with E-state index >= 15 is 0 Å². The Morgan fingerprint density at radius 1 is 0.852 bits per heavy atom. The van der Waals surface area contributed by atoms with Crippen LogP contribution in [0.5, 0.6) is 0 Å². The molecule has 1 heterocycles. The molecular weight excluding hydrogens is 336 g/mol. The highest BCUT2D eigenvalue weighted by atomic mass is 16.7. The van der Waals surface area contributed by atoms with Crippen molar-refractivity contribution >= 4 is 0 Å². The van der Waals surface area contributed by atoms with E-state index in [2.05, 4.69) is 13.8 Å². The van der Waals surface area contributed by atoms with Gasteiger partial charge in [0.25, 0.3) is 0 Å². The van der Waals surface area contributed by atoms with Crippen molar-refractivity contribution in [2.75, 3.05) is 6.61 Å². The smallest absolute Gasteiger partial charge is 0.157 e. The van der Waals surface area contributed by atoms with Gasteiger partial charge in [-0.05, 0) is 112 Å². The number of rotatable bonds is 2. The Bertz CT molecular complexity index is 544. The van der Waals surface area contributed by atoms with Crippen molar-refractivity contribution in [3.05, 3.63) is 0 Å². The molecule has 0 bridgehead atoms. The summed E-state index contributed by atoms with van der Waals surface area (Å²) in [6, 6.07) is 0. The second kappa shape index (κ2) is 6.99. The average Bonchev–Trinajstić information content (AvgIpc) is 2.98. The lowest BCUT2D eigenvalue weighted by Crippen LogP contribution is -2.54. The van der Waals surface area contributed by atoms with E-state index in [1.165, 1.54) is 64.2 Å². The summed E-state index contributed by atoms with van der Waals surface area (Å²) >= 11 is 0. The Morgan fingerprint density at radius 2 is 1.67 bits per heavy atom. The van der Waals surface area contributed by atoms with Gasteiger partial charge in [-0.1, -0.05) is 13.8 Å². The van der Waals surface area contributed by atoms with Gasteiger partial charge in [-0.2, -0.15) is 0 Å². The van der Waals surface area contributed by atoms with Gasteiger partial charge in [-0.25, -0.2) is 0 Å². The molecule has 5 fully saturated rings. The summed E-state index contributed by atoms with van der Waals surface area (Å²) in [5.41, 5.74) is 0.716. The largest absolute Gasteiger partial charge is 0.393 e. The molecule has 0 aromatic rings. The lowest BCUT2D eigenvalue weighted by atomic mass is 9.45. The quantitative estimate of drug-likeness (QED) is 0.665. The van der Waals surface area contributed by atoms with Gasteiger partial charge in [0.05, 0.1) is 12.2 Å². The summed E-state index contributed by atoms with van der Waals surface area (Å²) in [7, 11) is 0. The molecule has 0 amide bonds. The van der Waals surface area contributed by atoms with E-state index in [4.69, 9.17) is 9.47 Å². The van der Waals surface area contributed by atoms with E-state index in [9.17, 15) is 5.11 Å². The number of fused-ring (bicyclic) bond motifs is 5. The maximum atomic E-state index is 10.6. The summed E-state index contributed by atoms with van der Waals surface area (Å²) in [6.07, 6.45) is 15.5. The third kappa shape index (κ3) is 3.02. The molecule has 4 aliphatic carbocycles.